The number of thiol groups is 26. The van der Waals surface area contributed by atoms with Crippen LogP contribution in [0.2, 0.25) is 0 Å². The summed E-state index contributed by atoms with van der Waals surface area (Å²) in [7, 11) is 0. The largest absolute Gasteiger partial charge is 0.480 e. The number of carbonyl (C=O) groups is 4. The van der Waals surface area contributed by atoms with Gasteiger partial charge in [0, 0.05) is 112 Å². The number of aliphatic hydroxyl groups is 6. The standard InChI is InChI=1S/C12H10S3.3C8H10S2.C6H10O4S2.C5H12S2.C4H6O4S2.3C4H10O2S2.C4H10OS2.C4H10S3.C4H10S2/c13-9-1-5-11(6-2-9)15-12-7-3-10(14)4-8-12;9-5-7-1-2-8(6-10)4-3-7;9-5-7-2-1-3-8(4-7)6-10;9-5-7-3-1-2-4-8(7)6-10;7-5(8)3(11)1-2-4(12)6(9)10;6-4-2-1-3-5-7;5-3(6)1(9)2(10)4(7)8;3*5-3(1-7)4(6)2-8;6-3-1-5-2-4-7;5-1-3-7-4-2-6;5-3-1-2-4-6/h1-8,13-14H;3*1-4,9-10H,5-6H2;3-4,11-12H,1-2H2,(H,7,8)(H,9,10);6-7H,1-5H2;1-2,9-10H,(H,5,6)(H,7,8);3*3-8H,1-2H2;6-7H,1-4H2;5-6H,1-4H2;5-6H,1-4H2/t;;;;3-,4+;;1-,2+;3-,4+;2*3-,4-;;;/m........10.../s1. The molecular formula is C75H128O15S28. The zero-order valence-electron chi connectivity index (χ0n) is 65.2. The second kappa shape index (κ2) is 103. The lowest BCUT2D eigenvalue weighted by Gasteiger charge is -2.11. The lowest BCUT2D eigenvalue weighted by atomic mass is 10.1. The quantitative estimate of drug-likeness (QED) is 0.0128. The van der Waals surface area contributed by atoms with E-state index >= 15 is 0 Å². The minimum atomic E-state index is -1.29. The van der Waals surface area contributed by atoms with Crippen LogP contribution < -0.4 is 0 Å². The maximum absolute atomic E-state index is 10.2. The van der Waals surface area contributed by atoms with Crippen molar-refractivity contribution >= 4 is 376 Å². The molecule has 0 fully saturated rings. The number of thioether (sulfide) groups is 1. The van der Waals surface area contributed by atoms with Gasteiger partial charge in [0.25, 0.3) is 0 Å². The molecule has 0 bridgehead atoms. The third kappa shape index (κ3) is 92.8. The van der Waals surface area contributed by atoms with E-state index in [4.69, 9.17) is 55.8 Å². The summed E-state index contributed by atoms with van der Waals surface area (Å²) in [5.74, 6) is 11.8. The van der Waals surface area contributed by atoms with Crippen LogP contribution in [0.3, 0.4) is 0 Å². The number of ether oxygens (including phenoxy) is 1. The highest BCUT2D eigenvalue weighted by Gasteiger charge is 2.27. The molecule has 5 aromatic carbocycles. The summed E-state index contributed by atoms with van der Waals surface area (Å²) in [6.45, 7) is 1.48. The van der Waals surface area contributed by atoms with Crippen LogP contribution in [-0.2, 0) is 58.4 Å². The molecule has 0 radical (unpaired) electrons. The third-order valence-corrected chi connectivity index (χ3v) is 24.9. The highest BCUT2D eigenvalue weighted by atomic mass is 32.2. The van der Waals surface area contributed by atoms with Crippen molar-refractivity contribution in [2.75, 3.05) is 105 Å². The minimum absolute atomic E-state index is 0.207. The van der Waals surface area contributed by atoms with Gasteiger partial charge in [0.1, 0.15) is 10.5 Å². The normalized spacial score (nSPS) is 12.5. The van der Waals surface area contributed by atoms with E-state index < -0.39 is 81.5 Å². The fourth-order valence-electron chi connectivity index (χ4n) is 6.26. The first-order chi connectivity index (χ1) is 56.1. The van der Waals surface area contributed by atoms with Gasteiger partial charge >= 0.3 is 23.9 Å². The van der Waals surface area contributed by atoms with E-state index in [1.807, 2.05) is 54.2 Å². The van der Waals surface area contributed by atoms with Crippen molar-refractivity contribution < 1.29 is 75.0 Å². The highest BCUT2D eigenvalue weighted by molar-refractivity contribution is 8.00. The Bertz CT molecular complexity index is 2750. The van der Waals surface area contributed by atoms with Gasteiger partial charge in [-0.1, -0.05) is 91.0 Å². The first kappa shape index (κ1) is 137. The van der Waals surface area contributed by atoms with Crippen molar-refractivity contribution in [3.05, 3.63) is 155 Å². The molecule has 43 heteroatoms. The monoisotopic (exact) mass is 2160 g/mol. The van der Waals surface area contributed by atoms with Crippen LogP contribution in [0.5, 0.6) is 0 Å². The van der Waals surface area contributed by atoms with Gasteiger partial charge in [-0.3, -0.25) is 19.2 Å². The molecule has 686 valence electrons. The van der Waals surface area contributed by atoms with Gasteiger partial charge in [0.15, 0.2) is 0 Å². The van der Waals surface area contributed by atoms with Crippen molar-refractivity contribution in [2.24, 2.45) is 0 Å². The Morgan fingerprint density at radius 3 is 0.797 bits per heavy atom. The number of aliphatic carboxylic acids is 4. The predicted molar refractivity (Wildman–Crippen MR) is 599 cm³/mol. The van der Waals surface area contributed by atoms with Crippen molar-refractivity contribution in [3.63, 3.8) is 0 Å². The average Bonchev–Trinajstić information content (AvgIpc) is 0.917. The molecule has 0 spiro atoms. The zero-order valence-corrected chi connectivity index (χ0v) is 90.1. The van der Waals surface area contributed by atoms with Crippen molar-refractivity contribution in [2.45, 2.75) is 157 Å². The first-order valence-electron chi connectivity index (χ1n) is 35.6. The van der Waals surface area contributed by atoms with Gasteiger partial charge in [-0.05, 0) is 155 Å². The molecule has 0 amide bonds. The Hall–Kier alpha value is 3.50. The Kier molecular flexibility index (Phi) is 119. The molecule has 118 heavy (non-hydrogen) atoms. The van der Waals surface area contributed by atoms with Crippen molar-refractivity contribution in [3.8, 4) is 0 Å². The molecule has 0 saturated heterocycles. The maximum Gasteiger partial charge on any atom is 0.318 e. The number of rotatable bonds is 40. The number of aliphatic hydroxyl groups excluding tert-OH is 6. The Labute approximate surface area is 856 Å². The van der Waals surface area contributed by atoms with E-state index in [-0.39, 0.29) is 47.4 Å². The summed E-state index contributed by atoms with van der Waals surface area (Å²) in [4.78, 5) is 45.0. The second-order valence-corrected chi connectivity index (χ2v) is 36.0. The predicted octanol–water partition coefficient (Wildman–Crippen LogP) is 17.1. The van der Waals surface area contributed by atoms with Gasteiger partial charge in [0.2, 0.25) is 0 Å². The van der Waals surface area contributed by atoms with Crippen molar-refractivity contribution in [1.29, 1.82) is 0 Å². The lowest BCUT2D eigenvalue weighted by Crippen LogP contribution is -2.31. The molecule has 0 aliphatic heterocycles. The summed E-state index contributed by atoms with van der Waals surface area (Å²) in [5, 5.41) is 81.6. The van der Waals surface area contributed by atoms with E-state index in [9.17, 15) is 19.2 Å². The van der Waals surface area contributed by atoms with E-state index in [1.165, 1.54) is 75.3 Å². The SMILES string of the molecule is O=C(O)[C@@H](S)[C@@H](S)C(=O)O.O=C(O)[C@H](S)CC[C@H](S)C(=O)O.O[C@@H](CS)[C@@H](O)CS.O[C@H](CS)[C@@H](O)CS.O[C@H](CS)[C@H](O)CS.SCCCCCS.SCCCCS.SCCOCCS.SCCSCCS.SCc1ccc(CS)cc1.SCc1cccc(CS)c1.SCc1ccccc1CS.Sc1ccc(Sc2ccc(S)cc2)cc1. The molecule has 15 nitrogen and oxygen atoms in total. The maximum atomic E-state index is 10.2. The Morgan fingerprint density at radius 1 is 0.314 bits per heavy atom. The number of unbranched alkanes of at least 4 members (excludes halogenated alkanes) is 3. The van der Waals surface area contributed by atoms with Crippen LogP contribution in [0.25, 0.3) is 0 Å². The van der Waals surface area contributed by atoms with Gasteiger partial charge in [0.05, 0.1) is 60.3 Å². The van der Waals surface area contributed by atoms with E-state index in [0.29, 0.717) is 0 Å². The molecule has 5 aromatic rings. The highest BCUT2D eigenvalue weighted by Crippen LogP contribution is 2.29. The number of carboxylic acid groups (broad SMARTS) is 4. The van der Waals surface area contributed by atoms with Crippen molar-refractivity contribution in [1.82, 2.24) is 0 Å². The number of hydrogen-bond acceptors (Lipinski definition) is 39. The fraction of sp³-hybridized carbons (Fsp3) is 0.547. The molecule has 10 atom stereocenters. The summed E-state index contributed by atoms with van der Waals surface area (Å²) < 4.78 is 4.98. The van der Waals surface area contributed by atoms with E-state index in [0.717, 1.165) is 115 Å². The topological polar surface area (TPSA) is 280 Å². The zero-order chi connectivity index (χ0) is 92.0. The van der Waals surface area contributed by atoms with Crippen LogP contribution in [-0.4, -0.2) is 238 Å². The van der Waals surface area contributed by atoms with Crippen LogP contribution >= 0.6 is 352 Å². The van der Waals surface area contributed by atoms with Crippen LogP contribution in [0, 0.1) is 0 Å². The van der Waals surface area contributed by atoms with E-state index in [1.54, 1.807) is 11.8 Å². The summed E-state index contributed by atoms with van der Waals surface area (Å²) in [6.07, 6.45) is 2.14. The van der Waals surface area contributed by atoms with Gasteiger partial charge in [-0.2, -0.15) is 315 Å². The first-order valence-corrected chi connectivity index (χ1v) is 53.2. The van der Waals surface area contributed by atoms with Gasteiger partial charge < -0.3 is 55.8 Å². The third-order valence-electron chi connectivity index (χ3n) is 13.0. The average molecular weight is 2170 g/mol. The van der Waals surface area contributed by atoms with Gasteiger partial charge in [-0.15, -0.1) is 25.3 Å². The molecule has 0 saturated carbocycles. The Morgan fingerprint density at radius 2 is 0.585 bits per heavy atom. The van der Waals surface area contributed by atoms with Gasteiger partial charge in [-0.25, -0.2) is 0 Å². The Balaban J connectivity index is -0.000000187. The van der Waals surface area contributed by atoms with Crippen LogP contribution in [0.15, 0.2) is 141 Å². The lowest BCUT2D eigenvalue weighted by molar-refractivity contribution is -0.142. The molecule has 0 heterocycles. The summed E-state index contributed by atoms with van der Waals surface area (Å²) in [6, 6.07) is 41.1. The van der Waals surface area contributed by atoms with E-state index in [2.05, 4.69) is 407 Å². The molecule has 0 aromatic heterocycles. The number of benzene rings is 5. The number of carboxylic acids is 4. The number of hydrogen-bond donors (Lipinski definition) is 36. The minimum Gasteiger partial charge on any atom is -0.480 e. The summed E-state index contributed by atoms with van der Waals surface area (Å²) >= 11 is 106. The smallest absolute Gasteiger partial charge is 0.318 e. The molecule has 0 unspecified atom stereocenters. The molecular weight excluding hydrogens is 2040 g/mol. The molecule has 0 aliphatic rings. The molecule has 10 N–H and O–H groups in total. The molecule has 0 aliphatic carbocycles. The second-order valence-electron chi connectivity index (χ2n) is 22.6. The summed E-state index contributed by atoms with van der Waals surface area (Å²) in [5.41, 5.74) is 7.59. The van der Waals surface area contributed by atoms with Crippen LogP contribution in [0.4, 0.5) is 0 Å². The van der Waals surface area contributed by atoms with Crippen LogP contribution in [0.1, 0.15) is 78.3 Å². The fourth-order valence-corrected chi connectivity index (χ4v) is 13.2. The molecule has 5 rings (SSSR count).